The third-order valence-corrected chi connectivity index (χ3v) is 4.86. The van der Waals surface area contributed by atoms with Crippen LogP contribution in [0, 0.1) is 5.92 Å². The molecule has 0 atom stereocenters. The Kier molecular flexibility index (Phi) is 7.99. The Bertz CT molecular complexity index is 826. The lowest BCUT2D eigenvalue weighted by molar-refractivity contribution is -0.130. The van der Waals surface area contributed by atoms with E-state index in [2.05, 4.69) is 23.5 Å². The molecule has 0 bridgehead atoms. The molecule has 1 N–H and O–H groups in total. The van der Waals surface area contributed by atoms with Crippen LogP contribution in [0.25, 0.3) is 11.0 Å². The Morgan fingerprint density at radius 1 is 1.18 bits per heavy atom. The van der Waals surface area contributed by atoms with Gasteiger partial charge in [0.25, 0.3) is 0 Å². The van der Waals surface area contributed by atoms with Crippen molar-refractivity contribution in [2.45, 2.75) is 39.8 Å². The van der Waals surface area contributed by atoms with Crippen molar-refractivity contribution >= 4 is 22.8 Å². The van der Waals surface area contributed by atoms with E-state index in [1.54, 1.807) is 17.1 Å². The fourth-order valence-electron chi connectivity index (χ4n) is 3.23. The number of carbonyl (C=O) groups excluding carboxylic acids is 2. The zero-order valence-corrected chi connectivity index (χ0v) is 16.9. The summed E-state index contributed by atoms with van der Waals surface area (Å²) in [6.45, 7) is 12.8. The summed E-state index contributed by atoms with van der Waals surface area (Å²) in [7, 11) is 0. The summed E-state index contributed by atoms with van der Waals surface area (Å²) in [6, 6.07) is 7.68. The highest BCUT2D eigenvalue weighted by Crippen LogP contribution is 2.17. The number of imidazole rings is 1. The lowest BCUT2D eigenvalue weighted by atomic mass is 10.0. The monoisotopic (exact) mass is 382 g/mol. The number of para-hydroxylation sites is 2. The summed E-state index contributed by atoms with van der Waals surface area (Å²) >= 11 is 0. The summed E-state index contributed by atoms with van der Waals surface area (Å²) in [6.07, 6.45) is 5.00. The molecule has 0 spiro atoms. The largest absolute Gasteiger partial charge is 0.349 e. The molecule has 0 unspecified atom stereocenters. The minimum Gasteiger partial charge on any atom is -0.349 e. The zero-order chi connectivity index (χ0) is 20.5. The molecule has 1 aromatic heterocycles. The molecule has 2 aromatic rings. The number of amides is 2. The normalized spacial score (nSPS) is 10.8. The van der Waals surface area contributed by atoms with Crippen molar-refractivity contribution in [3.05, 3.63) is 55.4 Å². The number of benzene rings is 1. The summed E-state index contributed by atoms with van der Waals surface area (Å²) in [5.41, 5.74) is 1.68. The van der Waals surface area contributed by atoms with Crippen LogP contribution in [0.4, 0.5) is 0 Å². The smallest absolute Gasteiger partial charge is 0.243 e. The standard InChI is InChI=1S/C22H30N4O2/c1-5-13-25(14-6-2)21(27)16-26-19-12-10-9-11-18(19)24-20(26)15-23-22(28)17(7-3)8-4/h5-6,9-12,17H,1-2,7-8,13-16H2,3-4H3,(H,23,28). The van der Waals surface area contributed by atoms with E-state index in [0.717, 1.165) is 23.9 Å². The van der Waals surface area contributed by atoms with Crippen LogP contribution < -0.4 is 5.32 Å². The Labute approximate surface area is 166 Å². The van der Waals surface area contributed by atoms with Crippen LogP contribution in [0.15, 0.2) is 49.6 Å². The third kappa shape index (κ3) is 5.09. The van der Waals surface area contributed by atoms with Gasteiger partial charge < -0.3 is 14.8 Å². The Morgan fingerprint density at radius 3 is 2.43 bits per heavy atom. The maximum atomic E-state index is 12.8. The van der Waals surface area contributed by atoms with Gasteiger partial charge in [-0.2, -0.15) is 0 Å². The van der Waals surface area contributed by atoms with E-state index >= 15 is 0 Å². The second-order valence-corrected chi connectivity index (χ2v) is 6.71. The van der Waals surface area contributed by atoms with E-state index in [4.69, 9.17) is 0 Å². The van der Waals surface area contributed by atoms with Crippen molar-refractivity contribution in [1.82, 2.24) is 19.8 Å². The van der Waals surface area contributed by atoms with Crippen LogP contribution in [-0.2, 0) is 22.7 Å². The van der Waals surface area contributed by atoms with Crippen molar-refractivity contribution < 1.29 is 9.59 Å². The second-order valence-electron chi connectivity index (χ2n) is 6.71. The van der Waals surface area contributed by atoms with Crippen LogP contribution in [0.5, 0.6) is 0 Å². The van der Waals surface area contributed by atoms with Crippen molar-refractivity contribution in [2.75, 3.05) is 13.1 Å². The van der Waals surface area contributed by atoms with E-state index in [1.165, 1.54) is 0 Å². The molecule has 2 rings (SSSR count). The molecule has 0 aliphatic heterocycles. The fourth-order valence-corrected chi connectivity index (χ4v) is 3.23. The third-order valence-electron chi connectivity index (χ3n) is 4.86. The van der Waals surface area contributed by atoms with Crippen molar-refractivity contribution in [1.29, 1.82) is 0 Å². The summed E-state index contributed by atoms with van der Waals surface area (Å²) in [5, 5.41) is 2.98. The number of nitrogens with zero attached hydrogens (tertiary/aromatic N) is 3. The number of hydrogen-bond donors (Lipinski definition) is 1. The van der Waals surface area contributed by atoms with E-state index in [9.17, 15) is 9.59 Å². The SMILES string of the molecule is C=CCN(CC=C)C(=O)Cn1c(CNC(=O)C(CC)CC)nc2ccccc21. The topological polar surface area (TPSA) is 67.2 Å². The Hall–Kier alpha value is -2.89. The maximum absolute atomic E-state index is 12.8. The van der Waals surface area contributed by atoms with Gasteiger partial charge in [0.2, 0.25) is 11.8 Å². The summed E-state index contributed by atoms with van der Waals surface area (Å²) in [4.78, 5) is 31.5. The lowest BCUT2D eigenvalue weighted by Gasteiger charge is -2.20. The first-order chi connectivity index (χ1) is 13.5. The van der Waals surface area contributed by atoms with Gasteiger partial charge in [-0.3, -0.25) is 9.59 Å². The van der Waals surface area contributed by atoms with Crippen LogP contribution in [0.2, 0.25) is 0 Å². The van der Waals surface area contributed by atoms with Crippen LogP contribution in [-0.4, -0.2) is 39.4 Å². The molecule has 0 aliphatic rings. The molecule has 1 aromatic carbocycles. The highest BCUT2D eigenvalue weighted by atomic mass is 16.2. The molecule has 1 heterocycles. The molecule has 0 saturated carbocycles. The maximum Gasteiger partial charge on any atom is 0.243 e. The molecule has 28 heavy (non-hydrogen) atoms. The minimum absolute atomic E-state index is 0.00450. The van der Waals surface area contributed by atoms with Gasteiger partial charge in [-0.15, -0.1) is 13.2 Å². The summed E-state index contributed by atoms with van der Waals surface area (Å²) in [5.74, 6) is 0.645. The predicted molar refractivity (Wildman–Crippen MR) is 113 cm³/mol. The molecule has 6 heteroatoms. The first kappa shape index (κ1) is 21.4. The van der Waals surface area contributed by atoms with Crippen LogP contribution in [0.1, 0.15) is 32.5 Å². The highest BCUT2D eigenvalue weighted by molar-refractivity contribution is 5.82. The number of hydrogen-bond acceptors (Lipinski definition) is 3. The number of aromatic nitrogens is 2. The Morgan fingerprint density at radius 2 is 1.82 bits per heavy atom. The fraction of sp³-hybridized carbons (Fsp3) is 0.409. The van der Waals surface area contributed by atoms with Crippen molar-refractivity contribution in [3.63, 3.8) is 0 Å². The van der Waals surface area contributed by atoms with Gasteiger partial charge in [-0.05, 0) is 25.0 Å². The van der Waals surface area contributed by atoms with Gasteiger partial charge in [0.05, 0.1) is 17.6 Å². The van der Waals surface area contributed by atoms with Gasteiger partial charge in [0.1, 0.15) is 12.4 Å². The van der Waals surface area contributed by atoms with Crippen LogP contribution >= 0.6 is 0 Å². The van der Waals surface area contributed by atoms with Gasteiger partial charge in [0, 0.05) is 19.0 Å². The van der Waals surface area contributed by atoms with Crippen LogP contribution in [0.3, 0.4) is 0 Å². The molecule has 0 radical (unpaired) electrons. The predicted octanol–water partition coefficient (Wildman–Crippen LogP) is 3.29. The van der Waals surface area contributed by atoms with Gasteiger partial charge >= 0.3 is 0 Å². The molecule has 0 saturated heterocycles. The van der Waals surface area contributed by atoms with E-state index in [1.807, 2.05) is 42.7 Å². The number of fused-ring (bicyclic) bond motifs is 1. The van der Waals surface area contributed by atoms with Crippen molar-refractivity contribution in [2.24, 2.45) is 5.92 Å². The minimum atomic E-state index is -0.0458. The van der Waals surface area contributed by atoms with Crippen molar-refractivity contribution in [3.8, 4) is 0 Å². The first-order valence-electron chi connectivity index (χ1n) is 9.77. The Balaban J connectivity index is 2.26. The van der Waals surface area contributed by atoms with E-state index in [0.29, 0.717) is 25.5 Å². The molecule has 0 fully saturated rings. The number of carbonyl (C=O) groups is 2. The highest BCUT2D eigenvalue weighted by Gasteiger charge is 2.19. The molecule has 150 valence electrons. The quantitative estimate of drug-likeness (QED) is 0.607. The van der Waals surface area contributed by atoms with Gasteiger partial charge in [-0.25, -0.2) is 4.98 Å². The average molecular weight is 383 g/mol. The molecule has 2 amide bonds. The zero-order valence-electron chi connectivity index (χ0n) is 16.9. The summed E-state index contributed by atoms with van der Waals surface area (Å²) < 4.78 is 1.88. The first-order valence-corrected chi connectivity index (χ1v) is 9.77. The number of nitrogens with one attached hydrogen (secondary N) is 1. The number of rotatable bonds is 11. The molecule has 6 nitrogen and oxygen atoms in total. The molecular formula is C22H30N4O2. The van der Waals surface area contributed by atoms with E-state index < -0.39 is 0 Å². The van der Waals surface area contributed by atoms with Gasteiger partial charge in [0.15, 0.2) is 0 Å². The van der Waals surface area contributed by atoms with E-state index in [-0.39, 0.29) is 24.3 Å². The average Bonchev–Trinajstić information content (AvgIpc) is 3.04. The van der Waals surface area contributed by atoms with Gasteiger partial charge in [-0.1, -0.05) is 38.1 Å². The molecule has 0 aliphatic carbocycles. The lowest BCUT2D eigenvalue weighted by Crippen LogP contribution is -2.35. The molecular weight excluding hydrogens is 352 g/mol. The second kappa shape index (κ2) is 10.4.